The van der Waals surface area contributed by atoms with Crippen molar-refractivity contribution in [1.82, 2.24) is 9.80 Å². The van der Waals surface area contributed by atoms with E-state index in [1.54, 1.807) is 28.3 Å². The quantitative estimate of drug-likeness (QED) is 0.186. The van der Waals surface area contributed by atoms with Crippen LogP contribution in [0.3, 0.4) is 0 Å². The van der Waals surface area contributed by atoms with Gasteiger partial charge in [-0.15, -0.1) is 0 Å². The van der Waals surface area contributed by atoms with Crippen LogP contribution in [0.4, 0.5) is 0 Å². The molecule has 13 nitrogen and oxygen atoms in total. The lowest BCUT2D eigenvalue weighted by atomic mass is 9.80. The molecule has 1 amide bonds. The van der Waals surface area contributed by atoms with Crippen molar-refractivity contribution in [1.29, 1.82) is 0 Å². The summed E-state index contributed by atoms with van der Waals surface area (Å²) in [5, 5.41) is 12.1. The van der Waals surface area contributed by atoms with Crippen LogP contribution in [0.15, 0.2) is 23.3 Å². The van der Waals surface area contributed by atoms with Crippen LogP contribution < -0.4 is 0 Å². The van der Waals surface area contributed by atoms with Gasteiger partial charge in [-0.3, -0.25) is 19.3 Å². The largest absolute Gasteiger partial charge is 0.456 e. The molecule has 2 bridgehead atoms. The number of cyclic esters (lactones) is 1. The number of esters is 1. The Hall–Kier alpha value is -2.52. The van der Waals surface area contributed by atoms with Crippen molar-refractivity contribution in [2.45, 2.75) is 167 Å². The predicted molar refractivity (Wildman–Crippen MR) is 227 cm³/mol. The van der Waals surface area contributed by atoms with E-state index in [0.29, 0.717) is 57.4 Å². The summed E-state index contributed by atoms with van der Waals surface area (Å²) in [5.41, 5.74) is 1.99. The lowest BCUT2D eigenvalue weighted by molar-refractivity contribution is -0.302. The third-order valence-electron chi connectivity index (χ3n) is 14.3. The first kappa shape index (κ1) is 48.5. The molecule has 0 aromatic heterocycles. The number of fused-ring (bicyclic) bond motifs is 3. The fourth-order valence-electron chi connectivity index (χ4n) is 10.7. The molecule has 340 valence electrons. The van der Waals surface area contributed by atoms with Gasteiger partial charge >= 0.3 is 5.97 Å². The Morgan fingerprint density at radius 1 is 0.900 bits per heavy atom. The van der Waals surface area contributed by atoms with Gasteiger partial charge in [-0.25, -0.2) is 4.79 Å². The molecule has 60 heavy (non-hydrogen) atoms. The number of carbonyl (C=O) groups excluding carboxylic acids is 4. The molecule has 13 atom stereocenters. The summed E-state index contributed by atoms with van der Waals surface area (Å²) in [6, 6.07) is -0.704. The number of carbonyl (C=O) groups is 4. The minimum absolute atomic E-state index is 0.0538. The van der Waals surface area contributed by atoms with Crippen LogP contribution in [0.1, 0.15) is 119 Å². The third kappa shape index (κ3) is 11.5. The predicted octanol–water partition coefficient (Wildman–Crippen LogP) is 5.84. The highest BCUT2D eigenvalue weighted by molar-refractivity contribution is 6.39. The Morgan fingerprint density at radius 2 is 1.58 bits per heavy atom. The maximum absolute atomic E-state index is 14.4. The molecule has 1 N–H and O–H groups in total. The molecule has 5 aliphatic rings. The highest BCUT2D eigenvalue weighted by atomic mass is 16.7. The van der Waals surface area contributed by atoms with E-state index in [9.17, 15) is 24.3 Å². The molecule has 4 aliphatic heterocycles. The Balaban J connectivity index is 1.47. The Kier molecular flexibility index (Phi) is 18.0. The average Bonchev–Trinajstić information content (AvgIpc) is 3.25. The van der Waals surface area contributed by atoms with E-state index in [-0.39, 0.29) is 48.5 Å². The topological polar surface area (TPSA) is 150 Å². The molecule has 1 saturated carbocycles. The van der Waals surface area contributed by atoms with Gasteiger partial charge in [0.05, 0.1) is 31.5 Å². The average molecular weight is 845 g/mol. The van der Waals surface area contributed by atoms with Gasteiger partial charge in [-0.1, -0.05) is 45.4 Å². The molecule has 5 rings (SSSR count). The lowest BCUT2D eigenvalue weighted by Crippen LogP contribution is -2.64. The molecule has 1 aliphatic carbocycles. The minimum Gasteiger partial charge on any atom is -0.456 e. The first-order valence-electron chi connectivity index (χ1n) is 22.9. The lowest BCUT2D eigenvalue weighted by Gasteiger charge is -2.47. The van der Waals surface area contributed by atoms with Crippen LogP contribution in [-0.2, 0) is 47.6 Å². The van der Waals surface area contributed by atoms with E-state index >= 15 is 0 Å². The fraction of sp³-hybridized carbons (Fsp3) is 0.830. The van der Waals surface area contributed by atoms with E-state index in [2.05, 4.69) is 24.0 Å². The Morgan fingerprint density at radius 3 is 2.25 bits per heavy atom. The Bertz CT molecular complexity index is 1530. The molecule has 13 heteroatoms. The second kappa shape index (κ2) is 22.2. The smallest absolute Gasteiger partial charge is 0.329 e. The summed E-state index contributed by atoms with van der Waals surface area (Å²) < 4.78 is 36.2. The van der Waals surface area contributed by atoms with Crippen molar-refractivity contribution in [3.05, 3.63) is 23.3 Å². The van der Waals surface area contributed by atoms with Crippen LogP contribution >= 0.6 is 0 Å². The number of amides is 1. The zero-order valence-electron chi connectivity index (χ0n) is 38.0. The van der Waals surface area contributed by atoms with Gasteiger partial charge in [-0.05, 0) is 108 Å². The second-order valence-electron chi connectivity index (χ2n) is 18.7. The number of nitrogens with zero attached hydrogens (tertiary/aromatic N) is 2. The first-order chi connectivity index (χ1) is 28.6. The molecule has 0 spiro atoms. The summed E-state index contributed by atoms with van der Waals surface area (Å²) in [6.07, 6.45) is 9.14. The van der Waals surface area contributed by atoms with Gasteiger partial charge in [0.1, 0.15) is 24.0 Å². The normalized spacial score (nSPS) is 39.3. The number of hydrogen-bond acceptors (Lipinski definition) is 12. The number of hydrogen-bond donors (Lipinski definition) is 1. The maximum Gasteiger partial charge on any atom is 0.329 e. The zero-order chi connectivity index (χ0) is 43.7. The second-order valence-corrected chi connectivity index (χ2v) is 18.7. The van der Waals surface area contributed by atoms with Gasteiger partial charge in [0.2, 0.25) is 5.79 Å². The number of rotatable bonds is 7. The summed E-state index contributed by atoms with van der Waals surface area (Å²) in [6.45, 7) is 15.3. The molecule has 0 aromatic carbocycles. The molecular weight excluding hydrogens is 769 g/mol. The van der Waals surface area contributed by atoms with Crippen LogP contribution in [0.25, 0.3) is 0 Å². The standard InChI is InChI=1S/C47H76N2O11/c1-10-35-24-29(2)23-30(3)25-40(56-8)43-41(57-9)27-33(6)47(54,60-43)44(51)45(52)49-18-12-11-13-37(49)46(53)59-42(31(4)14-17-38(35)50)32(5)26-34-15-16-36(39(28-34)55-7)48-19-21-58-22-20-48/h24,26,30-31,33-37,39-43,54H,10-23,25,27-28H2,1-9H3. The number of methoxy groups -OCH3 is 3. The van der Waals surface area contributed by atoms with Gasteiger partial charge in [0.15, 0.2) is 0 Å². The van der Waals surface area contributed by atoms with Crippen LogP contribution in [0, 0.1) is 29.6 Å². The summed E-state index contributed by atoms with van der Waals surface area (Å²) in [4.78, 5) is 60.7. The van der Waals surface area contributed by atoms with Gasteiger partial charge in [0, 0.05) is 65.3 Å². The summed E-state index contributed by atoms with van der Waals surface area (Å²) >= 11 is 0. The van der Waals surface area contributed by atoms with Crippen molar-refractivity contribution in [2.24, 2.45) is 29.6 Å². The summed E-state index contributed by atoms with van der Waals surface area (Å²) in [5.74, 6) is -5.90. The monoisotopic (exact) mass is 845 g/mol. The van der Waals surface area contributed by atoms with Gasteiger partial charge < -0.3 is 38.4 Å². The molecule has 0 radical (unpaired) electrons. The van der Waals surface area contributed by atoms with Crippen LogP contribution in [-0.4, -0.2) is 141 Å². The number of allylic oxidation sites excluding steroid dienone is 3. The number of Topliss-reactive ketones (excluding diaryl/α,β-unsaturated/α-hetero) is 2. The third-order valence-corrected chi connectivity index (χ3v) is 14.3. The van der Waals surface area contributed by atoms with Crippen LogP contribution in [0.5, 0.6) is 0 Å². The highest BCUT2D eigenvalue weighted by Gasteiger charge is 2.56. The first-order valence-corrected chi connectivity index (χ1v) is 22.9. The molecule has 4 heterocycles. The van der Waals surface area contributed by atoms with Crippen molar-refractivity contribution in [3.63, 3.8) is 0 Å². The van der Waals surface area contributed by atoms with Crippen molar-refractivity contribution >= 4 is 23.4 Å². The number of aliphatic hydroxyl groups is 1. The summed E-state index contributed by atoms with van der Waals surface area (Å²) in [7, 11) is 4.91. The zero-order valence-corrected chi connectivity index (χ0v) is 38.0. The highest BCUT2D eigenvalue weighted by Crippen LogP contribution is 2.39. The molecule has 0 aromatic rings. The number of ketones is 2. The molecular formula is C47H76N2O11. The number of piperidine rings is 1. The SMILES string of the molecule is CCC1C=C(C)CC(C)CC(OC)C2OC(O)(C(=O)C(=O)N3CCCCC3C(=O)OC(C(C)=CC3CCC(N4CCOCC4)C(OC)C3)C(C)CCC1=O)C(C)CC2OC. The van der Waals surface area contributed by atoms with Crippen molar-refractivity contribution in [3.8, 4) is 0 Å². The molecule has 3 saturated heterocycles. The van der Waals surface area contributed by atoms with E-state index < -0.39 is 59.8 Å². The van der Waals surface area contributed by atoms with Crippen LogP contribution in [0.2, 0.25) is 0 Å². The molecule has 13 unspecified atom stereocenters. The number of morpholine rings is 1. The van der Waals surface area contributed by atoms with Gasteiger partial charge in [0.25, 0.3) is 11.7 Å². The Labute approximate surface area is 359 Å². The van der Waals surface area contributed by atoms with E-state index in [0.717, 1.165) is 56.7 Å². The van der Waals surface area contributed by atoms with Gasteiger partial charge in [-0.2, -0.15) is 0 Å². The number of ether oxygens (including phenoxy) is 6. The van der Waals surface area contributed by atoms with E-state index in [1.807, 2.05) is 27.7 Å². The van der Waals surface area contributed by atoms with E-state index in [1.165, 1.54) is 4.90 Å². The minimum atomic E-state index is -2.46. The molecule has 4 fully saturated rings. The fourth-order valence-corrected chi connectivity index (χ4v) is 10.7. The van der Waals surface area contributed by atoms with Crippen molar-refractivity contribution in [2.75, 3.05) is 54.2 Å². The maximum atomic E-state index is 14.4. The van der Waals surface area contributed by atoms with E-state index in [4.69, 9.17) is 28.4 Å². The van der Waals surface area contributed by atoms with Crippen molar-refractivity contribution < 1.29 is 52.7 Å².